The molecule has 3 atom stereocenters. The summed E-state index contributed by atoms with van der Waals surface area (Å²) in [5.41, 5.74) is 5.48. The van der Waals surface area contributed by atoms with Crippen molar-refractivity contribution >= 4 is 5.71 Å². The summed E-state index contributed by atoms with van der Waals surface area (Å²) < 4.78 is 0. The molecule has 2 fully saturated rings. The number of fused-ring (bicyclic) bond motifs is 2. The fraction of sp³-hybridized carbons (Fsp3) is 0.536. The molecule has 0 aromatic heterocycles. The number of hydrogen-bond donors (Lipinski definition) is 0. The average Bonchev–Trinajstić information content (AvgIpc) is 3.43. The summed E-state index contributed by atoms with van der Waals surface area (Å²) >= 11 is 0. The lowest BCUT2D eigenvalue weighted by Crippen LogP contribution is -2.34. The van der Waals surface area contributed by atoms with Gasteiger partial charge in [-0.05, 0) is 43.7 Å². The zero-order chi connectivity index (χ0) is 20.4. The zero-order valence-corrected chi connectivity index (χ0v) is 18.5. The molecule has 3 aliphatic rings. The van der Waals surface area contributed by atoms with Crippen LogP contribution in [0.25, 0.3) is 0 Å². The molecule has 0 amide bonds. The molecule has 1 aliphatic carbocycles. The van der Waals surface area contributed by atoms with E-state index in [4.69, 9.17) is 4.99 Å². The number of nitrogens with zero attached hydrogens (tertiary/aromatic N) is 2. The van der Waals surface area contributed by atoms with Crippen LogP contribution in [0.5, 0.6) is 0 Å². The van der Waals surface area contributed by atoms with E-state index in [0.717, 1.165) is 0 Å². The summed E-state index contributed by atoms with van der Waals surface area (Å²) in [6.45, 7) is 2.17. The van der Waals surface area contributed by atoms with E-state index in [9.17, 15) is 0 Å². The zero-order valence-electron chi connectivity index (χ0n) is 18.5. The Labute approximate surface area is 182 Å². The van der Waals surface area contributed by atoms with Crippen molar-refractivity contribution in [2.75, 3.05) is 0 Å². The molecule has 158 valence electrons. The molecule has 1 saturated heterocycles. The largest absolute Gasteiger partial charge is 0.265 e. The summed E-state index contributed by atoms with van der Waals surface area (Å²) in [4.78, 5) is 8.34. The van der Waals surface area contributed by atoms with Gasteiger partial charge in [0.2, 0.25) is 0 Å². The van der Waals surface area contributed by atoms with Crippen molar-refractivity contribution in [1.29, 1.82) is 0 Å². The van der Waals surface area contributed by atoms with Gasteiger partial charge in [0.1, 0.15) is 5.66 Å². The first-order chi connectivity index (χ1) is 14.8. The van der Waals surface area contributed by atoms with E-state index in [2.05, 4.69) is 66.4 Å². The first kappa shape index (κ1) is 20.0. The second kappa shape index (κ2) is 8.67. The third kappa shape index (κ3) is 3.87. The summed E-state index contributed by atoms with van der Waals surface area (Å²) in [6, 6.07) is 21.2. The Balaban J connectivity index is 1.48. The topological polar surface area (TPSA) is 15.4 Å². The van der Waals surface area contributed by atoms with Crippen LogP contribution >= 0.6 is 0 Å². The Morgan fingerprint density at radius 1 is 0.700 bits per heavy atom. The molecule has 2 aromatic rings. The van der Waals surface area contributed by atoms with Gasteiger partial charge in [-0.15, -0.1) is 0 Å². The second-order valence-electron chi connectivity index (χ2n) is 9.74. The first-order valence-corrected chi connectivity index (χ1v) is 12.3. The predicted octanol–water partition coefficient (Wildman–Crippen LogP) is 7.22. The van der Waals surface area contributed by atoms with Crippen LogP contribution in [0.1, 0.15) is 93.4 Å². The maximum atomic E-state index is 5.56. The van der Waals surface area contributed by atoms with Crippen LogP contribution in [0.3, 0.4) is 0 Å². The van der Waals surface area contributed by atoms with Crippen LogP contribution in [0.2, 0.25) is 0 Å². The number of rotatable bonds is 2. The molecule has 1 unspecified atom stereocenters. The standard InChI is InChI=1S/C28H36N2/c1-22-16-18-23(19-17-22)25-27-26(24-14-10-9-11-15-24)30(27)28(29-25)20-12-7-5-3-2-4-6-8-13-21-28/h9-11,14-19,26-27H,2-8,12-13,20-21H2,1H3/t26-,27-,30?/m0/s1. The summed E-state index contributed by atoms with van der Waals surface area (Å²) in [5.74, 6) is 0. The van der Waals surface area contributed by atoms with Gasteiger partial charge >= 0.3 is 0 Å². The molecule has 1 spiro atoms. The van der Waals surface area contributed by atoms with Gasteiger partial charge in [-0.2, -0.15) is 0 Å². The Kier molecular flexibility index (Phi) is 5.78. The maximum Gasteiger partial charge on any atom is 0.114 e. The number of benzene rings is 2. The molecule has 2 aromatic carbocycles. The Bertz CT molecular complexity index is 855. The Morgan fingerprint density at radius 3 is 1.87 bits per heavy atom. The van der Waals surface area contributed by atoms with E-state index in [-0.39, 0.29) is 5.66 Å². The molecule has 2 heterocycles. The third-order valence-electron chi connectivity index (χ3n) is 7.54. The first-order valence-electron chi connectivity index (χ1n) is 12.3. The van der Waals surface area contributed by atoms with Crippen molar-refractivity contribution in [3.8, 4) is 0 Å². The SMILES string of the molecule is Cc1ccc(C2=NC3(CCCCCCCCCCC3)N3[C@@H]2[C@@H]3c2ccccc2)cc1. The Morgan fingerprint density at radius 2 is 1.27 bits per heavy atom. The molecule has 0 N–H and O–H groups in total. The van der Waals surface area contributed by atoms with Crippen LogP contribution in [-0.2, 0) is 0 Å². The van der Waals surface area contributed by atoms with Gasteiger partial charge in [-0.1, -0.05) is 105 Å². The molecule has 0 bridgehead atoms. The molecular formula is C28H36N2. The van der Waals surface area contributed by atoms with Gasteiger partial charge in [0, 0.05) is 0 Å². The van der Waals surface area contributed by atoms with Gasteiger partial charge < -0.3 is 0 Å². The molecule has 30 heavy (non-hydrogen) atoms. The van der Waals surface area contributed by atoms with Gasteiger partial charge in [0.05, 0.1) is 17.8 Å². The van der Waals surface area contributed by atoms with Crippen LogP contribution in [-0.4, -0.2) is 22.3 Å². The summed E-state index contributed by atoms with van der Waals surface area (Å²) in [5, 5.41) is 0. The van der Waals surface area contributed by atoms with E-state index in [1.165, 1.54) is 93.0 Å². The van der Waals surface area contributed by atoms with Crippen LogP contribution < -0.4 is 0 Å². The van der Waals surface area contributed by atoms with Crippen molar-refractivity contribution in [3.05, 3.63) is 71.3 Å². The van der Waals surface area contributed by atoms with Crippen molar-refractivity contribution in [3.63, 3.8) is 0 Å². The van der Waals surface area contributed by atoms with Crippen molar-refractivity contribution in [2.24, 2.45) is 4.99 Å². The lowest BCUT2D eigenvalue weighted by Gasteiger charge is -2.31. The summed E-state index contributed by atoms with van der Waals surface area (Å²) in [7, 11) is 0. The number of hydrogen-bond acceptors (Lipinski definition) is 2. The van der Waals surface area contributed by atoms with Gasteiger partial charge in [-0.3, -0.25) is 9.89 Å². The lowest BCUT2D eigenvalue weighted by atomic mass is 9.92. The molecule has 0 radical (unpaired) electrons. The minimum absolute atomic E-state index is 0.0184. The fourth-order valence-electron chi connectivity index (χ4n) is 5.88. The van der Waals surface area contributed by atoms with Gasteiger partial charge in [0.15, 0.2) is 0 Å². The van der Waals surface area contributed by atoms with E-state index < -0.39 is 0 Å². The normalized spacial score (nSPS) is 28.8. The molecular weight excluding hydrogens is 364 g/mol. The van der Waals surface area contributed by atoms with Gasteiger partial charge in [-0.25, -0.2) is 0 Å². The average molecular weight is 401 g/mol. The van der Waals surface area contributed by atoms with Crippen LogP contribution in [0.15, 0.2) is 59.6 Å². The predicted molar refractivity (Wildman–Crippen MR) is 126 cm³/mol. The molecule has 2 aliphatic heterocycles. The van der Waals surface area contributed by atoms with E-state index >= 15 is 0 Å². The van der Waals surface area contributed by atoms with E-state index in [1.807, 2.05) is 0 Å². The molecule has 2 nitrogen and oxygen atoms in total. The fourth-order valence-corrected chi connectivity index (χ4v) is 5.88. The monoisotopic (exact) mass is 400 g/mol. The van der Waals surface area contributed by atoms with Crippen molar-refractivity contribution in [2.45, 2.75) is 95.3 Å². The third-order valence-corrected chi connectivity index (χ3v) is 7.54. The van der Waals surface area contributed by atoms with E-state index in [0.29, 0.717) is 12.1 Å². The Hall–Kier alpha value is -1.93. The minimum Gasteiger partial charge on any atom is -0.265 e. The maximum absolute atomic E-state index is 5.56. The van der Waals surface area contributed by atoms with E-state index in [1.54, 1.807) is 0 Å². The highest BCUT2D eigenvalue weighted by Crippen LogP contribution is 2.58. The minimum atomic E-state index is 0.0184. The summed E-state index contributed by atoms with van der Waals surface area (Å²) in [6.07, 6.45) is 14.9. The lowest BCUT2D eigenvalue weighted by molar-refractivity contribution is 0.182. The molecule has 2 heteroatoms. The van der Waals surface area contributed by atoms with Crippen LogP contribution in [0.4, 0.5) is 0 Å². The molecule has 1 saturated carbocycles. The highest BCUT2D eigenvalue weighted by molar-refractivity contribution is 6.08. The van der Waals surface area contributed by atoms with Gasteiger partial charge in [0.25, 0.3) is 0 Å². The highest BCUT2D eigenvalue weighted by atomic mass is 15.5. The quantitative estimate of drug-likeness (QED) is 0.486. The highest BCUT2D eigenvalue weighted by Gasteiger charge is 2.64. The number of aliphatic imine (C=N–C) groups is 1. The smallest absolute Gasteiger partial charge is 0.114 e. The van der Waals surface area contributed by atoms with Crippen LogP contribution in [0, 0.1) is 6.92 Å². The van der Waals surface area contributed by atoms with Crippen molar-refractivity contribution in [1.82, 2.24) is 4.90 Å². The second-order valence-corrected chi connectivity index (χ2v) is 9.74. The number of aryl methyl sites for hydroxylation is 1. The van der Waals surface area contributed by atoms with Crippen molar-refractivity contribution < 1.29 is 0 Å². The molecule has 5 rings (SSSR count).